The van der Waals surface area contributed by atoms with E-state index in [-0.39, 0.29) is 5.78 Å². The Morgan fingerprint density at radius 1 is 1.86 bits per heavy atom. The van der Waals surface area contributed by atoms with Crippen molar-refractivity contribution in [2.45, 2.75) is 11.4 Å². The van der Waals surface area contributed by atoms with Crippen molar-refractivity contribution in [3.05, 3.63) is 0 Å². The van der Waals surface area contributed by atoms with Crippen LogP contribution in [-0.2, 0) is 7.87 Å². The second kappa shape index (κ2) is 4.58. The Bertz CT molecular complexity index is 62.7. The monoisotopic (exact) mass is 208 g/mol. The zero-order valence-corrected chi connectivity index (χ0v) is 7.38. The van der Waals surface area contributed by atoms with Crippen LogP contribution in [0.25, 0.3) is 0 Å². The Morgan fingerprint density at radius 2 is 2.43 bits per heavy atom. The molecular formula is C4H8O2Sn. The molecule has 7 heavy (non-hydrogen) atoms. The average molecular weight is 207 g/mol. The molecule has 2 nitrogen and oxygen atoms in total. The zero-order valence-electron chi connectivity index (χ0n) is 4.52. The van der Waals surface area contributed by atoms with Gasteiger partial charge >= 0.3 is 53.7 Å². The predicted octanol–water partition coefficient (Wildman–Crippen LogP) is 0.259. The molecule has 0 unspecified atom stereocenters. The summed E-state index contributed by atoms with van der Waals surface area (Å²) in [7, 11) is 1.66. The maximum atomic E-state index is 10.2. The summed E-state index contributed by atoms with van der Waals surface area (Å²) in [5, 5.41) is 0. The molecule has 0 bridgehead atoms. The molecule has 0 heterocycles. The zero-order chi connectivity index (χ0) is 5.70. The van der Waals surface area contributed by atoms with Gasteiger partial charge in [0.1, 0.15) is 0 Å². The second-order valence-corrected chi connectivity index (χ2v) is 4.23. The van der Waals surface area contributed by atoms with E-state index in [0.717, 1.165) is 0 Å². The molecule has 0 saturated carbocycles. The van der Waals surface area contributed by atoms with Crippen LogP contribution in [-0.4, -0.2) is 34.4 Å². The first-order valence-corrected chi connectivity index (χ1v) is 5.21. The molecule has 0 aliphatic heterocycles. The van der Waals surface area contributed by atoms with E-state index in [4.69, 9.17) is 3.07 Å². The first kappa shape index (κ1) is 7.43. The molecule has 2 radical (unpaired) electrons. The molecule has 0 aliphatic rings. The van der Waals surface area contributed by atoms with Crippen molar-refractivity contribution >= 4 is 27.3 Å². The molecule has 3 heteroatoms. The third-order valence-corrected chi connectivity index (χ3v) is 3.12. The molecule has 0 atom stereocenters. The molecule has 0 amide bonds. The SMILES string of the molecule is C[O][Sn][CH2]C(C)=O. The molecule has 40 valence electrons. The summed E-state index contributed by atoms with van der Waals surface area (Å²) in [6.07, 6.45) is 0. The van der Waals surface area contributed by atoms with Crippen molar-refractivity contribution in [3.63, 3.8) is 0 Å². The van der Waals surface area contributed by atoms with Crippen LogP contribution in [0.2, 0.25) is 4.44 Å². The minimum atomic E-state index is -0.705. The van der Waals surface area contributed by atoms with Crippen LogP contribution >= 0.6 is 0 Å². The van der Waals surface area contributed by atoms with E-state index >= 15 is 0 Å². The molecule has 0 rings (SSSR count). The fourth-order valence-corrected chi connectivity index (χ4v) is 1.17. The summed E-state index contributed by atoms with van der Waals surface area (Å²) >= 11 is -0.705. The fourth-order valence-electron chi connectivity index (χ4n) is 0.174. The molecule has 0 N–H and O–H groups in total. The Kier molecular flexibility index (Phi) is 4.87. The van der Waals surface area contributed by atoms with Crippen LogP contribution in [0, 0.1) is 0 Å². The Balaban J connectivity index is 2.82. The van der Waals surface area contributed by atoms with Crippen LogP contribution in [0.1, 0.15) is 6.92 Å². The molecule has 0 saturated heterocycles. The van der Waals surface area contributed by atoms with Gasteiger partial charge in [0.2, 0.25) is 0 Å². The van der Waals surface area contributed by atoms with Gasteiger partial charge in [0.15, 0.2) is 0 Å². The van der Waals surface area contributed by atoms with Gasteiger partial charge in [-0.1, -0.05) is 0 Å². The van der Waals surface area contributed by atoms with Crippen molar-refractivity contribution in [1.82, 2.24) is 0 Å². The third kappa shape index (κ3) is 6.43. The van der Waals surface area contributed by atoms with Crippen molar-refractivity contribution in [2.24, 2.45) is 0 Å². The second-order valence-electron chi connectivity index (χ2n) is 1.23. The molecule has 0 aromatic rings. The van der Waals surface area contributed by atoms with Crippen molar-refractivity contribution < 1.29 is 7.87 Å². The van der Waals surface area contributed by atoms with E-state index in [1.807, 2.05) is 0 Å². The number of carbonyl (C=O) groups excluding carboxylic acids is 1. The number of Topliss-reactive ketones (excluding diaryl/α,β-unsaturated/α-hetero) is 1. The van der Waals surface area contributed by atoms with Gasteiger partial charge in [-0.05, 0) is 0 Å². The van der Waals surface area contributed by atoms with Crippen molar-refractivity contribution in [1.29, 1.82) is 0 Å². The topological polar surface area (TPSA) is 26.3 Å². The number of ketones is 1. The number of hydrogen-bond acceptors (Lipinski definition) is 2. The summed E-state index contributed by atoms with van der Waals surface area (Å²) in [5.41, 5.74) is 0. The minimum absolute atomic E-state index is 0.258. The van der Waals surface area contributed by atoms with Crippen molar-refractivity contribution in [2.75, 3.05) is 7.11 Å². The van der Waals surface area contributed by atoms with Gasteiger partial charge in [0, 0.05) is 0 Å². The molecular weight excluding hydrogens is 199 g/mol. The normalized spacial score (nSPS) is 8.86. The first-order chi connectivity index (χ1) is 3.27. The number of hydrogen-bond donors (Lipinski definition) is 0. The van der Waals surface area contributed by atoms with E-state index in [1.165, 1.54) is 0 Å². The first-order valence-electron chi connectivity index (χ1n) is 2.02. The van der Waals surface area contributed by atoms with E-state index in [1.54, 1.807) is 14.0 Å². The van der Waals surface area contributed by atoms with Crippen LogP contribution in [0.15, 0.2) is 0 Å². The van der Waals surface area contributed by atoms with Crippen LogP contribution < -0.4 is 0 Å². The Morgan fingerprint density at radius 3 is 2.57 bits per heavy atom. The fraction of sp³-hybridized carbons (Fsp3) is 0.750. The Hall–Kier alpha value is 0.429. The standard InChI is InChI=1S/C3H5O.CH3O.Sn/c1-3(2)4;1-2;/h1H2,2H3;1H3;/q;-1;+1. The summed E-state index contributed by atoms with van der Waals surface area (Å²) in [4.78, 5) is 10.2. The maximum absolute atomic E-state index is 10.2. The van der Waals surface area contributed by atoms with Crippen molar-refractivity contribution in [3.8, 4) is 0 Å². The van der Waals surface area contributed by atoms with Gasteiger partial charge in [0.05, 0.1) is 0 Å². The van der Waals surface area contributed by atoms with E-state index in [9.17, 15) is 4.79 Å². The van der Waals surface area contributed by atoms with Gasteiger partial charge in [0.25, 0.3) is 0 Å². The molecule has 0 aromatic carbocycles. The van der Waals surface area contributed by atoms with E-state index < -0.39 is 21.6 Å². The average Bonchev–Trinajstić information content (AvgIpc) is 1.61. The molecule has 0 spiro atoms. The van der Waals surface area contributed by atoms with E-state index in [0.29, 0.717) is 4.44 Å². The van der Waals surface area contributed by atoms with Crippen LogP contribution in [0.5, 0.6) is 0 Å². The van der Waals surface area contributed by atoms with Crippen LogP contribution in [0.4, 0.5) is 0 Å². The van der Waals surface area contributed by atoms with Gasteiger partial charge < -0.3 is 0 Å². The Labute approximate surface area is 54.0 Å². The van der Waals surface area contributed by atoms with Gasteiger partial charge in [-0.25, -0.2) is 0 Å². The third-order valence-electron chi connectivity index (χ3n) is 0.465. The number of carbonyl (C=O) groups is 1. The predicted molar refractivity (Wildman–Crippen MR) is 28.3 cm³/mol. The van der Waals surface area contributed by atoms with Gasteiger partial charge in [-0.3, -0.25) is 0 Å². The summed E-state index contributed by atoms with van der Waals surface area (Å²) < 4.78 is 5.51. The number of rotatable bonds is 3. The molecule has 0 aliphatic carbocycles. The van der Waals surface area contributed by atoms with E-state index in [2.05, 4.69) is 0 Å². The summed E-state index contributed by atoms with van der Waals surface area (Å²) in [6, 6.07) is 0. The van der Waals surface area contributed by atoms with Crippen LogP contribution in [0.3, 0.4) is 0 Å². The quantitative estimate of drug-likeness (QED) is 0.620. The molecule has 0 aromatic heterocycles. The summed E-state index contributed by atoms with van der Waals surface area (Å²) in [5.74, 6) is 0.258. The molecule has 0 fully saturated rings. The van der Waals surface area contributed by atoms with Gasteiger partial charge in [-0.2, -0.15) is 0 Å². The summed E-state index contributed by atoms with van der Waals surface area (Å²) in [6.45, 7) is 1.60. The van der Waals surface area contributed by atoms with Gasteiger partial charge in [-0.15, -0.1) is 0 Å².